The summed E-state index contributed by atoms with van der Waals surface area (Å²) < 4.78 is 13.5. The van der Waals surface area contributed by atoms with Crippen LogP contribution in [0.2, 0.25) is 0 Å². The van der Waals surface area contributed by atoms with Crippen molar-refractivity contribution in [1.82, 2.24) is 14.5 Å². The van der Waals surface area contributed by atoms with Gasteiger partial charge in [0.15, 0.2) is 5.65 Å². The molecule has 114 valence electrons. The Morgan fingerprint density at radius 2 is 2.27 bits per heavy atom. The second-order valence-electron chi connectivity index (χ2n) is 5.88. The molecule has 0 spiro atoms. The molecule has 0 aliphatic carbocycles. The number of hydrogen-bond donors (Lipinski definition) is 0. The van der Waals surface area contributed by atoms with E-state index in [1.54, 1.807) is 6.20 Å². The van der Waals surface area contributed by atoms with Crippen molar-refractivity contribution in [3.63, 3.8) is 0 Å². The Morgan fingerprint density at radius 3 is 3.05 bits per heavy atom. The Kier molecular flexibility index (Phi) is 3.42. The molecule has 0 saturated carbocycles. The Labute approximate surface area is 128 Å². The van der Waals surface area contributed by atoms with E-state index in [-0.39, 0.29) is 0 Å². The summed E-state index contributed by atoms with van der Waals surface area (Å²) in [6.07, 6.45) is 5.00. The van der Waals surface area contributed by atoms with Crippen molar-refractivity contribution in [3.05, 3.63) is 42.0 Å². The van der Waals surface area contributed by atoms with Crippen molar-refractivity contribution in [2.75, 3.05) is 13.2 Å². The maximum Gasteiger partial charge on any atom is 0.206 e. The quantitative estimate of drug-likeness (QED) is 0.744. The zero-order valence-corrected chi connectivity index (χ0v) is 12.7. The predicted octanol–water partition coefficient (Wildman–Crippen LogP) is 3.29. The number of aryl methyl sites for hydroxylation is 1. The molecule has 5 heteroatoms. The average Bonchev–Trinajstić information content (AvgIpc) is 3.11. The average molecular weight is 297 g/mol. The number of aromatic nitrogens is 3. The summed E-state index contributed by atoms with van der Waals surface area (Å²) in [6.45, 7) is 3.64. The standard InChI is InChI=1S/C17H19N3O2/c1-12-6-7-16(22-12)20-15(10-13-4-3-9-21-11-13)19-14-5-2-8-18-17(14)20/h2,5-8,13H,3-4,9-11H2,1H3. The van der Waals surface area contributed by atoms with E-state index in [1.807, 2.05) is 35.8 Å². The van der Waals surface area contributed by atoms with Crippen LogP contribution in [-0.2, 0) is 11.2 Å². The number of pyridine rings is 1. The fraction of sp³-hybridized carbons (Fsp3) is 0.412. The molecule has 1 unspecified atom stereocenters. The van der Waals surface area contributed by atoms with Gasteiger partial charge in [-0.2, -0.15) is 0 Å². The zero-order valence-electron chi connectivity index (χ0n) is 12.7. The topological polar surface area (TPSA) is 53.1 Å². The SMILES string of the molecule is Cc1ccc(-n2c(CC3CCCOC3)nc3cccnc32)o1. The molecule has 5 nitrogen and oxygen atoms in total. The molecular formula is C17H19N3O2. The third-order valence-electron chi connectivity index (χ3n) is 4.16. The summed E-state index contributed by atoms with van der Waals surface area (Å²) >= 11 is 0. The van der Waals surface area contributed by atoms with E-state index in [0.29, 0.717) is 5.92 Å². The van der Waals surface area contributed by atoms with Crippen molar-refractivity contribution < 1.29 is 9.15 Å². The smallest absolute Gasteiger partial charge is 0.206 e. The molecule has 0 N–H and O–H groups in total. The molecule has 4 rings (SSSR count). The van der Waals surface area contributed by atoms with Gasteiger partial charge in [-0.15, -0.1) is 0 Å². The van der Waals surface area contributed by atoms with E-state index < -0.39 is 0 Å². The lowest BCUT2D eigenvalue weighted by atomic mass is 9.98. The molecule has 0 aromatic carbocycles. The maximum atomic E-state index is 5.82. The van der Waals surface area contributed by atoms with Gasteiger partial charge in [0.2, 0.25) is 5.88 Å². The molecular weight excluding hydrogens is 278 g/mol. The number of hydrogen-bond acceptors (Lipinski definition) is 4. The summed E-state index contributed by atoms with van der Waals surface area (Å²) in [4.78, 5) is 9.27. The van der Waals surface area contributed by atoms with Gasteiger partial charge in [-0.25, -0.2) is 14.5 Å². The number of imidazole rings is 1. The van der Waals surface area contributed by atoms with E-state index in [4.69, 9.17) is 14.1 Å². The van der Waals surface area contributed by atoms with Gasteiger partial charge in [0, 0.05) is 31.9 Å². The van der Waals surface area contributed by atoms with Crippen LogP contribution in [0, 0.1) is 12.8 Å². The number of furan rings is 1. The minimum Gasteiger partial charge on any atom is -0.445 e. The van der Waals surface area contributed by atoms with Gasteiger partial charge in [-0.05, 0) is 43.9 Å². The third-order valence-corrected chi connectivity index (χ3v) is 4.16. The van der Waals surface area contributed by atoms with Gasteiger partial charge in [0.25, 0.3) is 0 Å². The second-order valence-corrected chi connectivity index (χ2v) is 5.88. The van der Waals surface area contributed by atoms with Crippen LogP contribution in [0.25, 0.3) is 17.0 Å². The van der Waals surface area contributed by atoms with Crippen LogP contribution in [0.3, 0.4) is 0 Å². The first-order valence-corrected chi connectivity index (χ1v) is 7.78. The molecule has 1 atom stereocenters. The van der Waals surface area contributed by atoms with Gasteiger partial charge >= 0.3 is 0 Å². The minimum absolute atomic E-state index is 0.514. The normalized spacial score (nSPS) is 18.9. The Morgan fingerprint density at radius 1 is 1.32 bits per heavy atom. The molecule has 1 aliphatic rings. The fourth-order valence-electron chi connectivity index (χ4n) is 3.10. The lowest BCUT2D eigenvalue weighted by molar-refractivity contribution is 0.0541. The van der Waals surface area contributed by atoms with E-state index in [9.17, 15) is 0 Å². The molecule has 3 aromatic heterocycles. The van der Waals surface area contributed by atoms with Gasteiger partial charge in [-0.1, -0.05) is 0 Å². The molecule has 4 heterocycles. The molecule has 3 aromatic rings. The number of rotatable bonds is 3. The largest absolute Gasteiger partial charge is 0.445 e. The molecule has 1 saturated heterocycles. The Hall–Kier alpha value is -2.14. The van der Waals surface area contributed by atoms with Gasteiger partial charge < -0.3 is 9.15 Å². The van der Waals surface area contributed by atoms with Crippen LogP contribution >= 0.6 is 0 Å². The monoisotopic (exact) mass is 297 g/mol. The molecule has 22 heavy (non-hydrogen) atoms. The Balaban J connectivity index is 1.79. The van der Waals surface area contributed by atoms with Crippen molar-refractivity contribution in [1.29, 1.82) is 0 Å². The molecule has 0 bridgehead atoms. The van der Waals surface area contributed by atoms with Crippen LogP contribution in [0.4, 0.5) is 0 Å². The summed E-state index contributed by atoms with van der Waals surface area (Å²) in [5.74, 6) is 3.18. The predicted molar refractivity (Wildman–Crippen MR) is 83.1 cm³/mol. The van der Waals surface area contributed by atoms with Crippen molar-refractivity contribution >= 4 is 11.2 Å². The van der Waals surface area contributed by atoms with Gasteiger partial charge in [-0.3, -0.25) is 0 Å². The van der Waals surface area contributed by atoms with Crippen LogP contribution in [0.5, 0.6) is 0 Å². The van der Waals surface area contributed by atoms with E-state index in [1.165, 1.54) is 6.42 Å². The summed E-state index contributed by atoms with van der Waals surface area (Å²) in [5.41, 5.74) is 1.76. The van der Waals surface area contributed by atoms with Gasteiger partial charge in [0.05, 0.1) is 0 Å². The minimum atomic E-state index is 0.514. The van der Waals surface area contributed by atoms with E-state index in [0.717, 1.165) is 54.7 Å². The Bertz CT molecular complexity index is 784. The summed E-state index contributed by atoms with van der Waals surface area (Å²) in [7, 11) is 0. The zero-order chi connectivity index (χ0) is 14.9. The van der Waals surface area contributed by atoms with Gasteiger partial charge in [0.1, 0.15) is 17.1 Å². The van der Waals surface area contributed by atoms with Crippen molar-refractivity contribution in [3.8, 4) is 5.88 Å². The number of nitrogens with zero attached hydrogens (tertiary/aromatic N) is 3. The van der Waals surface area contributed by atoms with Crippen molar-refractivity contribution in [2.24, 2.45) is 5.92 Å². The van der Waals surface area contributed by atoms with Crippen LogP contribution in [0.1, 0.15) is 24.4 Å². The first-order valence-electron chi connectivity index (χ1n) is 7.78. The summed E-state index contributed by atoms with van der Waals surface area (Å²) in [5, 5.41) is 0. The molecule has 0 radical (unpaired) electrons. The van der Waals surface area contributed by atoms with Crippen LogP contribution in [0.15, 0.2) is 34.9 Å². The highest BCUT2D eigenvalue weighted by atomic mass is 16.5. The van der Waals surface area contributed by atoms with E-state index >= 15 is 0 Å². The summed E-state index contributed by atoms with van der Waals surface area (Å²) in [6, 6.07) is 7.86. The van der Waals surface area contributed by atoms with Crippen molar-refractivity contribution in [2.45, 2.75) is 26.2 Å². The lowest BCUT2D eigenvalue weighted by Gasteiger charge is -2.21. The van der Waals surface area contributed by atoms with E-state index in [2.05, 4.69) is 4.98 Å². The fourth-order valence-corrected chi connectivity index (χ4v) is 3.10. The maximum absolute atomic E-state index is 5.82. The first kappa shape index (κ1) is 13.5. The molecule has 0 amide bonds. The third kappa shape index (κ3) is 2.41. The molecule has 1 aliphatic heterocycles. The molecule has 1 fully saturated rings. The highest BCUT2D eigenvalue weighted by molar-refractivity contribution is 5.73. The van der Waals surface area contributed by atoms with Crippen LogP contribution in [-0.4, -0.2) is 27.7 Å². The number of fused-ring (bicyclic) bond motifs is 1. The first-order chi connectivity index (χ1) is 10.8. The second kappa shape index (κ2) is 5.57. The highest BCUT2D eigenvalue weighted by Gasteiger charge is 2.21. The number of ether oxygens (including phenoxy) is 1. The lowest BCUT2D eigenvalue weighted by Crippen LogP contribution is -2.20. The van der Waals surface area contributed by atoms with Crippen LogP contribution < -0.4 is 0 Å². The highest BCUT2D eigenvalue weighted by Crippen LogP contribution is 2.25.